The van der Waals surface area contributed by atoms with Gasteiger partial charge < -0.3 is 10.9 Å². The molecule has 2 nitrogen and oxygen atoms in total. The number of alkyl halides is 3. The monoisotopic (exact) mass is 295 g/mol. The van der Waals surface area contributed by atoms with E-state index in [2.05, 4.69) is 0 Å². The number of hydrogen-bond acceptors (Lipinski definition) is 2. The number of halogens is 3. The van der Waals surface area contributed by atoms with Gasteiger partial charge in [0.1, 0.15) is 11.9 Å². The highest BCUT2D eigenvalue weighted by molar-refractivity contribution is 5.76. The van der Waals surface area contributed by atoms with Crippen molar-refractivity contribution >= 4 is 0 Å². The molecule has 0 radical (unpaired) electrons. The van der Waals surface area contributed by atoms with Gasteiger partial charge in [-0.2, -0.15) is 13.2 Å². The van der Waals surface area contributed by atoms with Crippen LogP contribution in [0, 0.1) is 0 Å². The van der Waals surface area contributed by atoms with E-state index in [1.807, 2.05) is 13.0 Å². The average Bonchev–Trinajstić information content (AvgIpc) is 2.77. The van der Waals surface area contributed by atoms with E-state index >= 15 is 0 Å². The van der Waals surface area contributed by atoms with E-state index in [1.54, 1.807) is 18.2 Å². The Bertz CT molecular complexity index is 652. The van der Waals surface area contributed by atoms with E-state index in [-0.39, 0.29) is 17.8 Å². The molecule has 1 heterocycles. The number of ether oxygens (including phenoxy) is 1. The fourth-order valence-corrected chi connectivity index (χ4v) is 2.61. The molecule has 1 aliphatic rings. The lowest BCUT2D eigenvalue weighted by Crippen LogP contribution is -2.08. The third-order valence-electron chi connectivity index (χ3n) is 3.45. The zero-order valence-electron chi connectivity index (χ0n) is 11.6. The van der Waals surface area contributed by atoms with E-state index in [9.17, 15) is 13.2 Å². The molecule has 0 bridgehead atoms. The lowest BCUT2D eigenvalue weighted by atomic mass is 9.96. The Labute approximate surface area is 121 Å². The van der Waals surface area contributed by atoms with Gasteiger partial charge in [0, 0.05) is 12.0 Å². The molecule has 3 rings (SSSR count). The molecule has 0 spiro atoms. The molecule has 5 heteroatoms. The van der Waals surface area contributed by atoms with Gasteiger partial charge in [-0.05, 0) is 24.1 Å². The Kier molecular flexibility index (Phi) is 3.96. The van der Waals surface area contributed by atoms with Gasteiger partial charge >= 0.3 is 6.18 Å². The molecule has 21 heavy (non-hydrogen) atoms. The minimum absolute atomic E-state index is 0. The highest BCUT2D eigenvalue weighted by atomic mass is 19.4. The molecule has 0 saturated carbocycles. The van der Waals surface area contributed by atoms with Gasteiger partial charge in [-0.3, -0.25) is 0 Å². The van der Waals surface area contributed by atoms with Crippen molar-refractivity contribution in [3.05, 3.63) is 53.6 Å². The molecule has 2 aromatic rings. The molecule has 3 N–H and O–H groups in total. The van der Waals surface area contributed by atoms with Crippen molar-refractivity contribution in [1.29, 1.82) is 0 Å². The van der Waals surface area contributed by atoms with Crippen LogP contribution in [0.3, 0.4) is 0 Å². The summed E-state index contributed by atoms with van der Waals surface area (Å²) in [5, 5.41) is 0. The van der Waals surface area contributed by atoms with Crippen LogP contribution >= 0.6 is 0 Å². The van der Waals surface area contributed by atoms with Gasteiger partial charge in [-0.25, -0.2) is 0 Å². The third-order valence-corrected chi connectivity index (χ3v) is 3.45. The molecule has 112 valence electrons. The van der Waals surface area contributed by atoms with Gasteiger partial charge in [0.05, 0.1) is 5.56 Å². The Balaban J connectivity index is 0.00000161. The van der Waals surface area contributed by atoms with Crippen LogP contribution in [0.5, 0.6) is 5.75 Å². The maximum atomic E-state index is 13.1. The summed E-state index contributed by atoms with van der Waals surface area (Å²) in [4.78, 5) is 0. The average molecular weight is 295 g/mol. The normalized spacial score (nSPS) is 16.9. The Hall–Kier alpha value is -2.01. The van der Waals surface area contributed by atoms with E-state index in [1.165, 1.54) is 12.1 Å². The van der Waals surface area contributed by atoms with Gasteiger partial charge in [0.25, 0.3) is 0 Å². The van der Waals surface area contributed by atoms with Crippen molar-refractivity contribution < 1.29 is 17.9 Å². The lowest BCUT2D eigenvalue weighted by molar-refractivity contribution is -0.137. The van der Waals surface area contributed by atoms with Gasteiger partial charge in [0.2, 0.25) is 0 Å². The molecule has 0 aliphatic carbocycles. The molecule has 0 saturated heterocycles. The summed E-state index contributed by atoms with van der Waals surface area (Å²) in [5.41, 5.74) is 1.02. The second kappa shape index (κ2) is 5.41. The van der Waals surface area contributed by atoms with Crippen molar-refractivity contribution in [1.82, 2.24) is 6.15 Å². The Morgan fingerprint density at radius 2 is 1.67 bits per heavy atom. The van der Waals surface area contributed by atoms with Crippen molar-refractivity contribution in [3.8, 4) is 16.9 Å². The highest BCUT2D eigenvalue weighted by Crippen LogP contribution is 2.43. The zero-order valence-corrected chi connectivity index (χ0v) is 11.6. The maximum Gasteiger partial charge on any atom is 0.417 e. The molecule has 1 atom stereocenters. The largest absolute Gasteiger partial charge is 0.489 e. The van der Waals surface area contributed by atoms with E-state index in [0.717, 1.165) is 18.1 Å². The van der Waals surface area contributed by atoms with E-state index in [4.69, 9.17) is 4.74 Å². The van der Waals surface area contributed by atoms with Crippen LogP contribution in [0.15, 0.2) is 42.5 Å². The maximum absolute atomic E-state index is 13.1. The second-order valence-corrected chi connectivity index (χ2v) is 4.97. The first-order valence-corrected chi connectivity index (χ1v) is 6.42. The fraction of sp³-hybridized carbons (Fsp3) is 0.250. The summed E-state index contributed by atoms with van der Waals surface area (Å²) >= 11 is 0. The third kappa shape index (κ3) is 2.74. The summed E-state index contributed by atoms with van der Waals surface area (Å²) in [6.45, 7) is 1.92. The summed E-state index contributed by atoms with van der Waals surface area (Å²) in [6.07, 6.45) is -3.63. The van der Waals surface area contributed by atoms with E-state index in [0.29, 0.717) is 11.3 Å². The molecular weight excluding hydrogens is 279 g/mol. The van der Waals surface area contributed by atoms with Crippen LogP contribution in [0.2, 0.25) is 0 Å². The summed E-state index contributed by atoms with van der Waals surface area (Å²) < 4.78 is 45.1. The van der Waals surface area contributed by atoms with Gasteiger partial charge in [-0.15, -0.1) is 0 Å². The molecule has 2 aromatic carbocycles. The predicted molar refractivity (Wildman–Crippen MR) is 75.7 cm³/mol. The molecule has 1 unspecified atom stereocenters. The predicted octanol–water partition coefficient (Wildman–Crippen LogP) is 4.86. The Morgan fingerprint density at radius 3 is 2.38 bits per heavy atom. The topological polar surface area (TPSA) is 44.2 Å². The number of benzene rings is 2. The first kappa shape index (κ1) is 15.4. The quantitative estimate of drug-likeness (QED) is 0.816. The second-order valence-electron chi connectivity index (χ2n) is 4.97. The number of hydrogen-bond donors (Lipinski definition) is 1. The summed E-state index contributed by atoms with van der Waals surface area (Å²) in [5.74, 6) is 0.580. The van der Waals surface area contributed by atoms with Crippen LogP contribution in [-0.4, -0.2) is 6.10 Å². The highest BCUT2D eigenvalue weighted by Gasteiger charge is 2.34. The first-order valence-electron chi connectivity index (χ1n) is 6.42. The Morgan fingerprint density at radius 1 is 1.00 bits per heavy atom. The number of rotatable bonds is 1. The van der Waals surface area contributed by atoms with Gasteiger partial charge in [0.15, 0.2) is 0 Å². The first-order chi connectivity index (χ1) is 9.47. The van der Waals surface area contributed by atoms with Crippen molar-refractivity contribution in [2.24, 2.45) is 0 Å². The van der Waals surface area contributed by atoms with Crippen molar-refractivity contribution in [3.63, 3.8) is 0 Å². The summed E-state index contributed by atoms with van der Waals surface area (Å²) in [7, 11) is 0. The number of para-hydroxylation sites is 1. The summed E-state index contributed by atoms with van der Waals surface area (Å²) in [6, 6.07) is 11.0. The number of fused-ring (bicyclic) bond motifs is 1. The van der Waals surface area contributed by atoms with Crippen molar-refractivity contribution in [2.45, 2.75) is 25.6 Å². The zero-order chi connectivity index (χ0) is 14.3. The van der Waals surface area contributed by atoms with E-state index < -0.39 is 11.7 Å². The molecular formula is C16H16F3NO. The van der Waals surface area contributed by atoms with Crippen LogP contribution in [0.4, 0.5) is 13.2 Å². The van der Waals surface area contributed by atoms with Crippen LogP contribution in [0.1, 0.15) is 18.1 Å². The van der Waals surface area contributed by atoms with Gasteiger partial charge in [-0.1, -0.05) is 36.4 Å². The SMILES string of the molecule is CC1Cc2cccc(-c3ccccc3C(F)(F)F)c2O1.N. The fourth-order valence-electron chi connectivity index (χ4n) is 2.61. The van der Waals surface area contributed by atoms with Crippen molar-refractivity contribution in [2.75, 3.05) is 0 Å². The molecule has 0 aromatic heterocycles. The molecule has 0 amide bonds. The van der Waals surface area contributed by atoms with Crippen LogP contribution < -0.4 is 10.9 Å². The standard InChI is InChI=1S/C16H13F3O.H3N/c1-10-9-11-5-4-7-13(15(11)20-10)12-6-2-3-8-14(12)16(17,18)19;/h2-8,10H,9H2,1H3;1H3. The van der Waals surface area contributed by atoms with Crippen LogP contribution in [-0.2, 0) is 12.6 Å². The molecule has 1 aliphatic heterocycles. The minimum Gasteiger partial charge on any atom is -0.489 e. The minimum atomic E-state index is -4.37. The van der Waals surface area contributed by atoms with Crippen LogP contribution in [0.25, 0.3) is 11.1 Å². The smallest absolute Gasteiger partial charge is 0.417 e. The lowest BCUT2D eigenvalue weighted by Gasteiger charge is -2.15. The molecule has 0 fully saturated rings.